The van der Waals surface area contributed by atoms with Crippen LogP contribution in [0.2, 0.25) is 0 Å². The van der Waals surface area contributed by atoms with Crippen LogP contribution in [0.4, 0.5) is 11.4 Å². The predicted octanol–water partition coefficient (Wildman–Crippen LogP) is 3.57. The minimum absolute atomic E-state index is 0.384. The standard InChI is InChI=1S/C12H17IN2S/c1-12(5-2-6-16-12)8-15-11-4-3-9(13)7-10(11)14/h3-4,7,15H,2,5-6,8,14H2,1H3. The second-order valence-corrected chi connectivity index (χ2v) is 7.42. The van der Waals surface area contributed by atoms with Gasteiger partial charge in [0.2, 0.25) is 0 Å². The Morgan fingerprint density at radius 2 is 2.38 bits per heavy atom. The van der Waals surface area contributed by atoms with Crippen LogP contribution in [0.5, 0.6) is 0 Å². The van der Waals surface area contributed by atoms with E-state index in [0.717, 1.165) is 17.9 Å². The summed E-state index contributed by atoms with van der Waals surface area (Å²) in [5.41, 5.74) is 7.89. The van der Waals surface area contributed by atoms with E-state index >= 15 is 0 Å². The summed E-state index contributed by atoms with van der Waals surface area (Å²) in [6, 6.07) is 6.16. The van der Waals surface area contributed by atoms with Gasteiger partial charge in [-0.1, -0.05) is 0 Å². The highest BCUT2D eigenvalue weighted by Crippen LogP contribution is 2.38. The van der Waals surface area contributed by atoms with Gasteiger partial charge in [-0.25, -0.2) is 0 Å². The van der Waals surface area contributed by atoms with Gasteiger partial charge >= 0.3 is 0 Å². The van der Waals surface area contributed by atoms with Crippen LogP contribution in [0, 0.1) is 3.57 Å². The Morgan fingerprint density at radius 1 is 1.56 bits per heavy atom. The van der Waals surface area contributed by atoms with Crippen molar-refractivity contribution in [3.63, 3.8) is 0 Å². The molecular weight excluding hydrogens is 331 g/mol. The summed E-state index contributed by atoms with van der Waals surface area (Å²) in [6.45, 7) is 3.34. The summed E-state index contributed by atoms with van der Waals surface area (Å²) in [7, 11) is 0. The Morgan fingerprint density at radius 3 is 3.00 bits per heavy atom. The minimum Gasteiger partial charge on any atom is -0.397 e. The van der Waals surface area contributed by atoms with Crippen LogP contribution >= 0.6 is 34.4 Å². The van der Waals surface area contributed by atoms with Gasteiger partial charge in [-0.3, -0.25) is 0 Å². The fraction of sp³-hybridized carbons (Fsp3) is 0.500. The lowest BCUT2D eigenvalue weighted by Gasteiger charge is -2.24. The molecule has 0 amide bonds. The van der Waals surface area contributed by atoms with Crippen molar-refractivity contribution in [2.24, 2.45) is 0 Å². The molecule has 3 N–H and O–H groups in total. The topological polar surface area (TPSA) is 38.0 Å². The number of nitrogen functional groups attached to an aromatic ring is 1. The number of halogens is 1. The third-order valence-electron chi connectivity index (χ3n) is 2.97. The zero-order valence-electron chi connectivity index (χ0n) is 9.42. The maximum atomic E-state index is 5.98. The van der Waals surface area contributed by atoms with Crippen LogP contribution in [0.3, 0.4) is 0 Å². The molecule has 2 rings (SSSR count). The molecular formula is C12H17IN2S. The first kappa shape index (κ1) is 12.4. The average Bonchev–Trinajstić information content (AvgIpc) is 2.64. The van der Waals surface area contributed by atoms with Gasteiger partial charge in [0.1, 0.15) is 0 Å². The van der Waals surface area contributed by atoms with Crippen LogP contribution in [0.25, 0.3) is 0 Å². The Balaban J connectivity index is 1.99. The lowest BCUT2D eigenvalue weighted by Crippen LogP contribution is -2.27. The second-order valence-electron chi connectivity index (χ2n) is 4.49. The highest BCUT2D eigenvalue weighted by Gasteiger charge is 2.29. The molecule has 88 valence electrons. The summed E-state index contributed by atoms with van der Waals surface area (Å²) in [5.74, 6) is 1.29. The molecule has 1 saturated heterocycles. The van der Waals surface area contributed by atoms with Crippen LogP contribution in [0.15, 0.2) is 18.2 Å². The van der Waals surface area contributed by atoms with Gasteiger partial charge < -0.3 is 11.1 Å². The predicted molar refractivity (Wildman–Crippen MR) is 82.2 cm³/mol. The number of benzene rings is 1. The minimum atomic E-state index is 0.384. The molecule has 1 aromatic rings. The summed E-state index contributed by atoms with van der Waals surface area (Å²) < 4.78 is 1.57. The molecule has 2 nitrogen and oxygen atoms in total. The largest absolute Gasteiger partial charge is 0.397 e. The SMILES string of the molecule is CC1(CNc2ccc(I)cc2N)CCCS1. The third-order valence-corrected chi connectivity index (χ3v) is 5.18. The molecule has 1 fully saturated rings. The molecule has 1 aliphatic heterocycles. The molecule has 0 bridgehead atoms. The van der Waals surface area contributed by atoms with Gasteiger partial charge in [0.15, 0.2) is 0 Å². The number of rotatable bonds is 3. The van der Waals surface area contributed by atoms with Crippen LogP contribution < -0.4 is 11.1 Å². The summed E-state index contributed by atoms with van der Waals surface area (Å²) in [6.07, 6.45) is 2.64. The fourth-order valence-electron chi connectivity index (χ4n) is 1.95. The number of thioether (sulfide) groups is 1. The van der Waals surface area contributed by atoms with Crippen molar-refractivity contribution >= 4 is 45.7 Å². The van der Waals surface area contributed by atoms with E-state index in [1.165, 1.54) is 22.2 Å². The highest BCUT2D eigenvalue weighted by atomic mass is 127. The van der Waals surface area contributed by atoms with Crippen LogP contribution in [-0.2, 0) is 0 Å². The van der Waals surface area contributed by atoms with E-state index in [2.05, 4.69) is 58.7 Å². The van der Waals surface area contributed by atoms with Crippen molar-refractivity contribution in [1.29, 1.82) is 0 Å². The van der Waals surface area contributed by atoms with E-state index in [1.807, 2.05) is 6.07 Å². The normalized spacial score (nSPS) is 24.6. The van der Waals surface area contributed by atoms with Crippen molar-refractivity contribution < 1.29 is 0 Å². The smallest absolute Gasteiger partial charge is 0.0575 e. The Bertz CT molecular complexity index is 375. The monoisotopic (exact) mass is 348 g/mol. The molecule has 1 aliphatic rings. The summed E-state index contributed by atoms with van der Waals surface area (Å²) >= 11 is 4.35. The molecule has 0 aromatic heterocycles. The molecule has 1 heterocycles. The quantitative estimate of drug-likeness (QED) is 0.648. The molecule has 1 atom stereocenters. The number of hydrogen-bond acceptors (Lipinski definition) is 3. The molecule has 4 heteroatoms. The Kier molecular flexibility index (Phi) is 3.89. The van der Waals surface area contributed by atoms with Crippen molar-refractivity contribution in [1.82, 2.24) is 0 Å². The average molecular weight is 348 g/mol. The van der Waals surface area contributed by atoms with Crippen molar-refractivity contribution in [3.8, 4) is 0 Å². The number of nitrogens with one attached hydrogen (secondary N) is 1. The first-order chi connectivity index (χ1) is 7.59. The third kappa shape index (κ3) is 2.97. The molecule has 1 unspecified atom stereocenters. The van der Waals surface area contributed by atoms with E-state index in [9.17, 15) is 0 Å². The van der Waals surface area contributed by atoms with Crippen LogP contribution in [0.1, 0.15) is 19.8 Å². The zero-order valence-corrected chi connectivity index (χ0v) is 12.4. The zero-order chi connectivity index (χ0) is 11.6. The Hall–Kier alpha value is -0.100. The molecule has 0 spiro atoms. The van der Waals surface area contributed by atoms with Crippen LogP contribution in [-0.4, -0.2) is 17.0 Å². The number of hydrogen-bond donors (Lipinski definition) is 2. The number of nitrogens with two attached hydrogens (primary N) is 1. The summed E-state index contributed by atoms with van der Waals surface area (Å²) in [5, 5.41) is 3.47. The van der Waals surface area contributed by atoms with Crippen molar-refractivity contribution in [2.45, 2.75) is 24.5 Å². The lowest BCUT2D eigenvalue weighted by atomic mass is 10.1. The van der Waals surface area contributed by atoms with Gasteiger partial charge in [-0.05, 0) is 66.3 Å². The number of anilines is 2. The molecule has 16 heavy (non-hydrogen) atoms. The molecule has 1 aromatic carbocycles. The van der Waals surface area contributed by atoms with Gasteiger partial charge in [0.05, 0.1) is 11.4 Å². The highest BCUT2D eigenvalue weighted by molar-refractivity contribution is 14.1. The fourth-order valence-corrected chi connectivity index (χ4v) is 3.71. The second kappa shape index (κ2) is 5.04. The van der Waals surface area contributed by atoms with Crippen molar-refractivity contribution in [3.05, 3.63) is 21.8 Å². The maximum absolute atomic E-state index is 5.98. The van der Waals surface area contributed by atoms with E-state index in [4.69, 9.17) is 5.73 Å². The first-order valence-electron chi connectivity index (χ1n) is 5.52. The van der Waals surface area contributed by atoms with Gasteiger partial charge in [0.25, 0.3) is 0 Å². The van der Waals surface area contributed by atoms with E-state index in [-0.39, 0.29) is 0 Å². The van der Waals surface area contributed by atoms with E-state index in [1.54, 1.807) is 0 Å². The molecule has 0 radical (unpaired) electrons. The van der Waals surface area contributed by atoms with E-state index < -0.39 is 0 Å². The maximum Gasteiger partial charge on any atom is 0.0575 e. The van der Waals surface area contributed by atoms with E-state index in [0.29, 0.717) is 4.75 Å². The molecule has 0 saturated carbocycles. The Labute approximate surface area is 115 Å². The van der Waals surface area contributed by atoms with Crippen molar-refractivity contribution in [2.75, 3.05) is 23.3 Å². The molecule has 0 aliphatic carbocycles. The summed E-state index contributed by atoms with van der Waals surface area (Å²) in [4.78, 5) is 0. The van der Waals surface area contributed by atoms with Gasteiger partial charge in [-0.2, -0.15) is 11.8 Å². The first-order valence-corrected chi connectivity index (χ1v) is 7.58. The lowest BCUT2D eigenvalue weighted by molar-refractivity contribution is 0.635. The van der Waals surface area contributed by atoms with Gasteiger partial charge in [-0.15, -0.1) is 0 Å². The van der Waals surface area contributed by atoms with Gasteiger partial charge in [0, 0.05) is 14.9 Å².